The van der Waals surface area contributed by atoms with Gasteiger partial charge in [-0.25, -0.2) is 4.98 Å². The smallest absolute Gasteiger partial charge is 0.270 e. The van der Waals surface area contributed by atoms with Crippen molar-refractivity contribution in [3.63, 3.8) is 0 Å². The van der Waals surface area contributed by atoms with Gasteiger partial charge in [-0.3, -0.25) is 14.9 Å². The summed E-state index contributed by atoms with van der Waals surface area (Å²) in [5.74, 6) is -0.308. The van der Waals surface area contributed by atoms with Gasteiger partial charge in [0.15, 0.2) is 0 Å². The van der Waals surface area contributed by atoms with E-state index in [1.54, 1.807) is 12.4 Å². The van der Waals surface area contributed by atoms with Gasteiger partial charge in [-0.1, -0.05) is 42.5 Å². The zero-order valence-corrected chi connectivity index (χ0v) is 18.1. The molecule has 0 aliphatic carbocycles. The quantitative estimate of drug-likeness (QED) is 0.207. The van der Waals surface area contributed by atoms with E-state index in [0.717, 1.165) is 29.8 Å². The molecule has 0 atom stereocenters. The van der Waals surface area contributed by atoms with Gasteiger partial charge in [0, 0.05) is 35.3 Å². The van der Waals surface area contributed by atoms with Crippen LogP contribution >= 0.6 is 0 Å². The molecule has 3 aromatic carbocycles. The minimum atomic E-state index is -0.460. The van der Waals surface area contributed by atoms with Crippen LogP contribution in [-0.2, 0) is 17.6 Å². The van der Waals surface area contributed by atoms with E-state index in [1.807, 2.05) is 60.8 Å². The summed E-state index contributed by atoms with van der Waals surface area (Å²) in [5, 5.41) is 17.5. The lowest BCUT2D eigenvalue weighted by Crippen LogP contribution is -2.10. The first-order chi connectivity index (χ1) is 16.6. The molecule has 4 aromatic rings. The van der Waals surface area contributed by atoms with Gasteiger partial charge < -0.3 is 15.6 Å². The highest BCUT2D eigenvalue weighted by Crippen LogP contribution is 2.39. The Hall–Kier alpha value is -4.72. The molecule has 168 valence electrons. The minimum absolute atomic E-state index is 0.0681. The Balaban J connectivity index is 1.50. The van der Waals surface area contributed by atoms with E-state index < -0.39 is 4.92 Å². The number of nitrogens with one attached hydrogen (secondary N) is 3. The number of aromatic amines is 1. The van der Waals surface area contributed by atoms with Crippen LogP contribution in [0, 0.1) is 10.1 Å². The van der Waals surface area contributed by atoms with Crippen LogP contribution in [0.25, 0.3) is 11.3 Å². The average molecular weight is 451 g/mol. The molecule has 0 spiro atoms. The van der Waals surface area contributed by atoms with E-state index in [-0.39, 0.29) is 11.6 Å². The second kappa shape index (κ2) is 9.03. The highest BCUT2D eigenvalue weighted by molar-refractivity contribution is 6.37. The fraction of sp³-hybridized carbons (Fsp3) is 0.0769. The summed E-state index contributed by atoms with van der Waals surface area (Å²) in [6, 6.07) is 21.9. The first-order valence-electron chi connectivity index (χ1n) is 10.8. The first-order valence-corrected chi connectivity index (χ1v) is 10.8. The predicted octanol–water partition coefficient (Wildman–Crippen LogP) is 5.04. The zero-order chi connectivity index (χ0) is 23.5. The highest BCUT2D eigenvalue weighted by Gasteiger charge is 2.30. The first kappa shape index (κ1) is 21.1. The predicted molar refractivity (Wildman–Crippen MR) is 131 cm³/mol. The second-order valence-corrected chi connectivity index (χ2v) is 7.94. The van der Waals surface area contributed by atoms with Crippen molar-refractivity contribution < 1.29 is 9.72 Å². The Morgan fingerprint density at radius 3 is 2.50 bits per heavy atom. The molecule has 1 aromatic heterocycles. The van der Waals surface area contributed by atoms with Crippen molar-refractivity contribution in [3.05, 3.63) is 118 Å². The van der Waals surface area contributed by atoms with E-state index in [2.05, 4.69) is 20.6 Å². The molecule has 0 radical (unpaired) electrons. The van der Waals surface area contributed by atoms with Gasteiger partial charge in [0.05, 0.1) is 28.2 Å². The number of rotatable bonds is 7. The SMILES string of the molecule is O=C1Nc2ccc([N+](=O)[O-])cc2/C1=C(/Nc1ccc(CCc2c[nH]cn2)cc1)c1ccccc1. The molecule has 0 bridgehead atoms. The fourth-order valence-electron chi connectivity index (χ4n) is 4.00. The van der Waals surface area contributed by atoms with Crippen molar-refractivity contribution in [2.24, 2.45) is 0 Å². The standard InChI is InChI=1S/C26H21N5O3/c32-26-24(22-14-21(31(33)34)12-13-23(22)30-26)25(18-4-2-1-3-5-18)29-19-9-6-17(7-10-19)8-11-20-15-27-16-28-20/h1-7,9-10,12-16,29H,8,11H2,(H,27,28)(H,30,32)/b25-24-. The Morgan fingerprint density at radius 1 is 1.00 bits per heavy atom. The van der Waals surface area contributed by atoms with Crippen LogP contribution < -0.4 is 10.6 Å². The molecule has 2 heterocycles. The van der Waals surface area contributed by atoms with E-state index >= 15 is 0 Å². The number of imidazole rings is 1. The van der Waals surface area contributed by atoms with Crippen LogP contribution in [0.1, 0.15) is 22.4 Å². The number of aryl methyl sites for hydroxylation is 2. The molecule has 8 heteroatoms. The molecule has 1 aliphatic rings. The number of benzene rings is 3. The van der Waals surface area contributed by atoms with Crippen LogP contribution in [-0.4, -0.2) is 20.8 Å². The molecular formula is C26H21N5O3. The van der Waals surface area contributed by atoms with Gasteiger partial charge in [-0.2, -0.15) is 0 Å². The summed E-state index contributed by atoms with van der Waals surface area (Å²) in [4.78, 5) is 31.1. The summed E-state index contributed by atoms with van der Waals surface area (Å²) in [5.41, 5.74) is 5.72. The molecule has 5 rings (SSSR count). The number of fused-ring (bicyclic) bond motifs is 1. The van der Waals surface area contributed by atoms with Crippen molar-refractivity contribution >= 4 is 34.2 Å². The Kier molecular flexibility index (Phi) is 5.61. The lowest BCUT2D eigenvalue weighted by molar-refractivity contribution is -0.384. The normalized spacial score (nSPS) is 13.8. The van der Waals surface area contributed by atoms with E-state index in [4.69, 9.17) is 0 Å². The van der Waals surface area contributed by atoms with Gasteiger partial charge in [0.1, 0.15) is 0 Å². The van der Waals surface area contributed by atoms with Crippen LogP contribution in [0.3, 0.4) is 0 Å². The molecular weight excluding hydrogens is 430 g/mol. The molecule has 34 heavy (non-hydrogen) atoms. The highest BCUT2D eigenvalue weighted by atomic mass is 16.6. The largest absolute Gasteiger partial charge is 0.354 e. The summed E-state index contributed by atoms with van der Waals surface area (Å²) < 4.78 is 0. The van der Waals surface area contributed by atoms with Crippen LogP contribution in [0.2, 0.25) is 0 Å². The molecule has 8 nitrogen and oxygen atoms in total. The number of nitro benzene ring substituents is 1. The maximum atomic E-state index is 13.0. The third kappa shape index (κ3) is 4.29. The van der Waals surface area contributed by atoms with Crippen molar-refractivity contribution in [2.75, 3.05) is 10.6 Å². The van der Waals surface area contributed by atoms with Crippen molar-refractivity contribution in [1.29, 1.82) is 0 Å². The van der Waals surface area contributed by atoms with Crippen LogP contribution in [0.5, 0.6) is 0 Å². The van der Waals surface area contributed by atoms with E-state index in [9.17, 15) is 14.9 Å². The van der Waals surface area contributed by atoms with Gasteiger partial charge in [-0.05, 0) is 42.2 Å². The van der Waals surface area contributed by atoms with Crippen LogP contribution in [0.4, 0.5) is 17.1 Å². The second-order valence-electron chi connectivity index (χ2n) is 7.94. The van der Waals surface area contributed by atoms with Gasteiger partial charge in [0.25, 0.3) is 11.6 Å². The number of anilines is 2. The van der Waals surface area contributed by atoms with Crippen molar-refractivity contribution in [2.45, 2.75) is 12.8 Å². The number of amides is 1. The molecule has 0 saturated carbocycles. The Morgan fingerprint density at radius 2 is 1.79 bits per heavy atom. The molecule has 0 unspecified atom stereocenters. The lowest BCUT2D eigenvalue weighted by Gasteiger charge is -2.15. The van der Waals surface area contributed by atoms with E-state index in [0.29, 0.717) is 22.5 Å². The Labute approximate surface area is 195 Å². The molecule has 3 N–H and O–H groups in total. The minimum Gasteiger partial charge on any atom is -0.354 e. The lowest BCUT2D eigenvalue weighted by atomic mass is 9.99. The summed E-state index contributed by atoms with van der Waals surface area (Å²) in [7, 11) is 0. The monoisotopic (exact) mass is 451 g/mol. The number of carbonyl (C=O) groups excluding carboxylic acids is 1. The zero-order valence-electron chi connectivity index (χ0n) is 18.1. The third-order valence-electron chi connectivity index (χ3n) is 5.72. The number of non-ortho nitro benzene ring substituents is 1. The molecule has 1 aliphatic heterocycles. The van der Waals surface area contributed by atoms with Gasteiger partial charge in [0.2, 0.25) is 0 Å². The topological polar surface area (TPSA) is 113 Å². The van der Waals surface area contributed by atoms with Crippen molar-refractivity contribution in [1.82, 2.24) is 9.97 Å². The number of aromatic nitrogens is 2. The number of hydrogen-bond acceptors (Lipinski definition) is 5. The fourth-order valence-corrected chi connectivity index (χ4v) is 4.00. The molecule has 0 saturated heterocycles. The molecule has 1 amide bonds. The van der Waals surface area contributed by atoms with Gasteiger partial charge in [-0.15, -0.1) is 0 Å². The number of H-pyrrole nitrogens is 1. The summed E-state index contributed by atoms with van der Waals surface area (Å²) >= 11 is 0. The summed E-state index contributed by atoms with van der Waals surface area (Å²) in [6.07, 6.45) is 5.26. The molecule has 0 fully saturated rings. The number of nitrogens with zero attached hydrogens (tertiary/aromatic N) is 2. The maximum absolute atomic E-state index is 13.0. The number of nitro groups is 1. The number of carbonyl (C=O) groups is 1. The van der Waals surface area contributed by atoms with Gasteiger partial charge >= 0.3 is 0 Å². The average Bonchev–Trinajstić information content (AvgIpc) is 3.49. The maximum Gasteiger partial charge on any atom is 0.270 e. The van der Waals surface area contributed by atoms with E-state index in [1.165, 1.54) is 17.7 Å². The number of hydrogen-bond donors (Lipinski definition) is 3. The van der Waals surface area contributed by atoms with Crippen LogP contribution in [0.15, 0.2) is 85.3 Å². The summed E-state index contributed by atoms with van der Waals surface area (Å²) in [6.45, 7) is 0. The third-order valence-corrected chi connectivity index (χ3v) is 5.72. The van der Waals surface area contributed by atoms with Crippen molar-refractivity contribution in [3.8, 4) is 0 Å². The Bertz CT molecular complexity index is 1380.